The monoisotopic (exact) mass is 404 g/mol. The van der Waals surface area contributed by atoms with Crippen LogP contribution in [-0.2, 0) is 22.2 Å². The summed E-state index contributed by atoms with van der Waals surface area (Å²) in [6.45, 7) is 14.0. The molecular weight excluding hydrogens is 376 g/mol. The molecular formula is C20H28N4O3S. The molecule has 0 spiro atoms. The summed E-state index contributed by atoms with van der Waals surface area (Å²) in [5.41, 5.74) is 6.86. The average Bonchev–Trinajstić information content (AvgIpc) is 3.09. The van der Waals surface area contributed by atoms with Crippen LogP contribution in [0.5, 0.6) is 0 Å². The van der Waals surface area contributed by atoms with Crippen molar-refractivity contribution >= 4 is 28.2 Å². The van der Waals surface area contributed by atoms with Gasteiger partial charge in [0.2, 0.25) is 0 Å². The Kier molecular flexibility index (Phi) is 4.71. The lowest BCUT2D eigenvalue weighted by molar-refractivity contribution is -0.135. The van der Waals surface area contributed by atoms with Crippen molar-refractivity contribution in [2.24, 2.45) is 5.73 Å². The molecule has 28 heavy (non-hydrogen) atoms. The minimum absolute atomic E-state index is 0.154. The predicted octanol–water partition coefficient (Wildman–Crippen LogP) is 3.71. The number of anilines is 1. The van der Waals surface area contributed by atoms with E-state index in [0.717, 1.165) is 16.1 Å². The van der Waals surface area contributed by atoms with Crippen LogP contribution in [0.1, 0.15) is 85.4 Å². The highest BCUT2D eigenvalue weighted by atomic mass is 32.1. The first-order valence-corrected chi connectivity index (χ1v) is 10.1. The molecule has 1 aliphatic heterocycles. The van der Waals surface area contributed by atoms with E-state index in [2.05, 4.69) is 15.5 Å². The molecule has 152 valence electrons. The third kappa shape index (κ3) is 3.71. The molecule has 2 amide bonds. The van der Waals surface area contributed by atoms with Crippen LogP contribution in [0.3, 0.4) is 0 Å². The number of H-pyrrole nitrogens is 1. The van der Waals surface area contributed by atoms with Gasteiger partial charge in [0.05, 0.1) is 16.8 Å². The van der Waals surface area contributed by atoms with Crippen molar-refractivity contribution in [1.82, 2.24) is 10.2 Å². The fraction of sp³-hybridized carbons (Fsp3) is 0.550. The second-order valence-electron chi connectivity index (χ2n) is 9.40. The highest BCUT2D eigenvalue weighted by molar-refractivity contribution is 7.17. The van der Waals surface area contributed by atoms with Gasteiger partial charge < -0.3 is 15.8 Å². The number of nitrogens with zero attached hydrogens (tertiary/aromatic N) is 1. The number of hydrogen-bond acceptors (Lipinski definition) is 5. The van der Waals surface area contributed by atoms with Gasteiger partial charge in [0.1, 0.15) is 5.00 Å². The van der Waals surface area contributed by atoms with Gasteiger partial charge in [-0.15, -0.1) is 11.3 Å². The van der Waals surface area contributed by atoms with Crippen molar-refractivity contribution in [2.45, 2.75) is 71.5 Å². The topological polar surface area (TPSA) is 110 Å². The number of amides is 2. The third-order valence-electron chi connectivity index (χ3n) is 4.78. The number of nitrogens with one attached hydrogen (secondary N) is 2. The van der Waals surface area contributed by atoms with E-state index < -0.39 is 17.1 Å². The lowest BCUT2D eigenvalue weighted by Gasteiger charge is -2.41. The maximum atomic E-state index is 12.8. The lowest BCUT2D eigenvalue weighted by atomic mass is 9.86. The largest absolute Gasteiger partial charge is 0.365 e. The van der Waals surface area contributed by atoms with Gasteiger partial charge in [0.25, 0.3) is 11.8 Å². The summed E-state index contributed by atoms with van der Waals surface area (Å²) >= 11 is 1.34. The maximum absolute atomic E-state index is 12.8. The van der Waals surface area contributed by atoms with Crippen molar-refractivity contribution < 1.29 is 14.3 Å². The van der Waals surface area contributed by atoms with Crippen LogP contribution in [0.15, 0.2) is 6.07 Å². The molecule has 3 heterocycles. The number of fused-ring (bicyclic) bond motifs is 1. The van der Waals surface area contributed by atoms with Gasteiger partial charge >= 0.3 is 0 Å². The Morgan fingerprint density at radius 1 is 1.29 bits per heavy atom. The minimum atomic E-state index is -0.583. The number of thiophene rings is 1. The molecule has 4 N–H and O–H groups in total. The fourth-order valence-corrected chi connectivity index (χ4v) is 4.92. The first kappa shape index (κ1) is 20.5. The van der Waals surface area contributed by atoms with Gasteiger partial charge in [-0.1, -0.05) is 20.8 Å². The Balaban J connectivity index is 1.99. The number of rotatable bonds is 3. The average molecular weight is 405 g/mol. The first-order chi connectivity index (χ1) is 12.7. The molecule has 0 saturated carbocycles. The fourth-order valence-electron chi connectivity index (χ4n) is 3.66. The molecule has 2 aromatic rings. The summed E-state index contributed by atoms with van der Waals surface area (Å²) < 4.78 is 6.19. The lowest BCUT2D eigenvalue weighted by Crippen LogP contribution is -2.42. The number of hydrogen-bond donors (Lipinski definition) is 3. The Bertz CT molecular complexity index is 947. The molecule has 0 radical (unpaired) electrons. The Hall–Kier alpha value is -2.19. The molecule has 0 aliphatic carbocycles. The highest BCUT2D eigenvalue weighted by Gasteiger charge is 2.43. The van der Waals surface area contributed by atoms with Crippen LogP contribution < -0.4 is 11.1 Å². The van der Waals surface area contributed by atoms with E-state index in [1.54, 1.807) is 6.07 Å². The van der Waals surface area contributed by atoms with E-state index in [1.165, 1.54) is 11.3 Å². The summed E-state index contributed by atoms with van der Waals surface area (Å²) in [7, 11) is 0. The molecule has 0 fully saturated rings. The predicted molar refractivity (Wildman–Crippen MR) is 110 cm³/mol. The van der Waals surface area contributed by atoms with Crippen LogP contribution in [0, 0.1) is 0 Å². The number of nitrogens with two attached hydrogens (primary N) is 1. The summed E-state index contributed by atoms with van der Waals surface area (Å²) in [6.07, 6.45) is 0.549. The van der Waals surface area contributed by atoms with Crippen molar-refractivity contribution in [1.29, 1.82) is 0 Å². The maximum Gasteiger partial charge on any atom is 0.276 e. The molecule has 3 rings (SSSR count). The second-order valence-corrected chi connectivity index (χ2v) is 10.4. The van der Waals surface area contributed by atoms with Crippen LogP contribution >= 0.6 is 11.3 Å². The van der Waals surface area contributed by atoms with Gasteiger partial charge in [0, 0.05) is 22.4 Å². The Labute approximate surface area is 169 Å². The van der Waals surface area contributed by atoms with Crippen molar-refractivity contribution in [2.75, 3.05) is 5.32 Å². The number of carbonyl (C=O) groups is 2. The standard InChI is InChI=1S/C20H28N4O3S/c1-18(2,3)12-8-11(23-24-12)16(26)22-17-13(15(21)25)10-9-19(4,5)27-20(6,7)14(10)28-17/h8H,9H2,1-7H3,(H2,21,25)(H,22,26)(H,23,24). The highest BCUT2D eigenvalue weighted by Crippen LogP contribution is 2.48. The van der Waals surface area contributed by atoms with Gasteiger partial charge in [0.15, 0.2) is 5.69 Å². The second kappa shape index (κ2) is 6.42. The van der Waals surface area contributed by atoms with E-state index in [1.807, 2.05) is 48.5 Å². The number of carbonyl (C=O) groups excluding carboxylic acids is 2. The van der Waals surface area contributed by atoms with Crippen LogP contribution in [0.2, 0.25) is 0 Å². The minimum Gasteiger partial charge on any atom is -0.365 e. The molecule has 0 atom stereocenters. The molecule has 0 aromatic carbocycles. The van der Waals surface area contributed by atoms with Crippen molar-refractivity contribution in [3.8, 4) is 0 Å². The quantitative estimate of drug-likeness (QED) is 0.724. The van der Waals surface area contributed by atoms with E-state index in [9.17, 15) is 9.59 Å². The summed E-state index contributed by atoms with van der Waals surface area (Å²) in [4.78, 5) is 25.9. The zero-order chi connectivity index (χ0) is 21.1. The number of ether oxygens (including phenoxy) is 1. The molecule has 8 heteroatoms. The number of primary amides is 1. The molecule has 0 unspecified atom stereocenters. The molecule has 2 aromatic heterocycles. The van der Waals surface area contributed by atoms with Crippen LogP contribution in [0.25, 0.3) is 0 Å². The molecule has 0 bridgehead atoms. The normalized spacial score (nSPS) is 17.8. The zero-order valence-corrected chi connectivity index (χ0v) is 18.3. The zero-order valence-electron chi connectivity index (χ0n) is 17.4. The Morgan fingerprint density at radius 2 is 1.93 bits per heavy atom. The first-order valence-electron chi connectivity index (χ1n) is 9.25. The SMILES string of the molecule is CC1(C)Cc2c(sc(NC(=O)c3cc(C(C)(C)C)[nH]n3)c2C(N)=O)C(C)(C)O1. The Morgan fingerprint density at radius 3 is 2.46 bits per heavy atom. The van der Waals surface area contributed by atoms with Gasteiger partial charge in [-0.25, -0.2) is 0 Å². The van der Waals surface area contributed by atoms with E-state index >= 15 is 0 Å². The van der Waals surface area contributed by atoms with Crippen LogP contribution in [0.4, 0.5) is 5.00 Å². The van der Waals surface area contributed by atoms with Crippen molar-refractivity contribution in [3.63, 3.8) is 0 Å². The van der Waals surface area contributed by atoms with E-state index in [-0.39, 0.29) is 17.0 Å². The summed E-state index contributed by atoms with van der Waals surface area (Å²) in [5.74, 6) is -0.940. The summed E-state index contributed by atoms with van der Waals surface area (Å²) in [5, 5.41) is 10.3. The van der Waals surface area contributed by atoms with Gasteiger partial charge in [-0.2, -0.15) is 5.10 Å². The van der Waals surface area contributed by atoms with Crippen LogP contribution in [-0.4, -0.2) is 27.6 Å². The van der Waals surface area contributed by atoms with E-state index in [0.29, 0.717) is 17.0 Å². The third-order valence-corrected chi connectivity index (χ3v) is 6.23. The van der Waals surface area contributed by atoms with Crippen molar-refractivity contribution in [3.05, 3.63) is 33.5 Å². The van der Waals surface area contributed by atoms with E-state index in [4.69, 9.17) is 10.5 Å². The number of aromatic nitrogens is 2. The number of aromatic amines is 1. The molecule has 7 nitrogen and oxygen atoms in total. The van der Waals surface area contributed by atoms with Gasteiger partial charge in [-0.3, -0.25) is 14.7 Å². The van der Waals surface area contributed by atoms with Gasteiger partial charge in [-0.05, 0) is 39.3 Å². The molecule has 0 saturated heterocycles. The smallest absolute Gasteiger partial charge is 0.276 e. The molecule has 1 aliphatic rings. The summed E-state index contributed by atoms with van der Waals surface area (Å²) in [6, 6.07) is 1.73.